The molecule has 3 heteroatoms. The summed E-state index contributed by atoms with van der Waals surface area (Å²) >= 11 is 0. The normalized spacial score (nSPS) is 13.8. The molecule has 0 radical (unpaired) electrons. The maximum Gasteiger partial charge on any atom is 0.231 e. The third kappa shape index (κ3) is 2.60. The fourth-order valence-electron chi connectivity index (χ4n) is 2.48. The second-order valence-electron chi connectivity index (χ2n) is 4.86. The summed E-state index contributed by atoms with van der Waals surface area (Å²) < 4.78 is 10.7. The van der Waals surface area contributed by atoms with E-state index < -0.39 is 0 Å². The maximum atomic E-state index is 9.06. The summed E-state index contributed by atoms with van der Waals surface area (Å²) in [7, 11) is 0. The average molecular weight is 265 g/mol. The molecule has 0 aromatic heterocycles. The highest BCUT2D eigenvalue weighted by Gasteiger charge is 2.18. The van der Waals surface area contributed by atoms with Crippen molar-refractivity contribution in [2.24, 2.45) is 0 Å². The molecule has 0 fully saturated rings. The lowest BCUT2D eigenvalue weighted by molar-refractivity contribution is 0.174. The minimum absolute atomic E-state index is 0.178. The predicted molar refractivity (Wildman–Crippen MR) is 75.7 cm³/mol. The van der Waals surface area contributed by atoms with Crippen LogP contribution in [0, 0.1) is 11.3 Å². The Balaban J connectivity index is 1.85. The molecule has 0 unspecified atom stereocenters. The van der Waals surface area contributed by atoms with Crippen molar-refractivity contribution in [3.8, 4) is 17.6 Å². The van der Waals surface area contributed by atoms with Crippen molar-refractivity contribution in [1.82, 2.24) is 0 Å². The standard InChI is InChI=1S/C17H15NO2/c18-9-8-15(10-13-4-2-1-3-5-13)14-6-7-16-17(11-14)20-12-19-16/h1-7,11,15H,8,10,12H2/t15-/m1/s1. The van der Waals surface area contributed by atoms with Gasteiger partial charge in [0.2, 0.25) is 6.79 Å². The van der Waals surface area contributed by atoms with Crippen LogP contribution >= 0.6 is 0 Å². The SMILES string of the molecule is N#CC[C@H](Cc1ccccc1)c1ccc2c(c1)OCO2. The highest BCUT2D eigenvalue weighted by Crippen LogP contribution is 2.36. The van der Waals surface area contributed by atoms with E-state index in [1.54, 1.807) is 0 Å². The van der Waals surface area contributed by atoms with Crippen LogP contribution in [-0.2, 0) is 6.42 Å². The first-order chi connectivity index (χ1) is 9.86. The summed E-state index contributed by atoms with van der Waals surface area (Å²) in [5.41, 5.74) is 2.37. The molecule has 0 saturated carbocycles. The third-order valence-corrected chi connectivity index (χ3v) is 3.53. The number of rotatable bonds is 4. The number of ether oxygens (including phenoxy) is 2. The number of nitrogens with zero attached hydrogens (tertiary/aromatic N) is 1. The first-order valence-electron chi connectivity index (χ1n) is 6.67. The van der Waals surface area contributed by atoms with Gasteiger partial charge >= 0.3 is 0 Å². The Morgan fingerprint density at radius 3 is 2.65 bits per heavy atom. The molecule has 3 nitrogen and oxygen atoms in total. The summed E-state index contributed by atoms with van der Waals surface area (Å²) in [4.78, 5) is 0. The molecule has 1 aliphatic rings. The molecule has 100 valence electrons. The lowest BCUT2D eigenvalue weighted by atomic mass is 9.89. The molecule has 0 aliphatic carbocycles. The Morgan fingerprint density at radius 2 is 1.85 bits per heavy atom. The van der Waals surface area contributed by atoms with Gasteiger partial charge in [-0.3, -0.25) is 0 Å². The van der Waals surface area contributed by atoms with Gasteiger partial charge in [-0.05, 0) is 29.7 Å². The van der Waals surface area contributed by atoms with Gasteiger partial charge in [0, 0.05) is 12.3 Å². The van der Waals surface area contributed by atoms with Gasteiger partial charge in [-0.1, -0.05) is 36.4 Å². The minimum Gasteiger partial charge on any atom is -0.454 e. The van der Waals surface area contributed by atoms with Gasteiger partial charge in [-0.2, -0.15) is 5.26 Å². The van der Waals surface area contributed by atoms with E-state index in [1.165, 1.54) is 5.56 Å². The third-order valence-electron chi connectivity index (χ3n) is 3.53. The highest BCUT2D eigenvalue weighted by molar-refractivity contribution is 5.45. The van der Waals surface area contributed by atoms with Crippen molar-refractivity contribution in [1.29, 1.82) is 5.26 Å². The fourth-order valence-corrected chi connectivity index (χ4v) is 2.48. The molecule has 2 aromatic rings. The van der Waals surface area contributed by atoms with E-state index >= 15 is 0 Å². The van der Waals surface area contributed by atoms with Crippen molar-refractivity contribution < 1.29 is 9.47 Å². The van der Waals surface area contributed by atoms with Gasteiger partial charge in [0.15, 0.2) is 11.5 Å². The van der Waals surface area contributed by atoms with Crippen LogP contribution in [-0.4, -0.2) is 6.79 Å². The number of nitriles is 1. The smallest absolute Gasteiger partial charge is 0.231 e. The van der Waals surface area contributed by atoms with Gasteiger partial charge in [-0.15, -0.1) is 0 Å². The zero-order chi connectivity index (χ0) is 13.8. The second-order valence-corrected chi connectivity index (χ2v) is 4.86. The predicted octanol–water partition coefficient (Wildman–Crippen LogP) is 3.66. The van der Waals surface area contributed by atoms with Crippen molar-refractivity contribution >= 4 is 0 Å². The summed E-state index contributed by atoms with van der Waals surface area (Å²) in [6, 6.07) is 18.5. The molecule has 0 bridgehead atoms. The van der Waals surface area contributed by atoms with Crippen LogP contribution in [0.5, 0.6) is 11.5 Å². The monoisotopic (exact) mass is 265 g/mol. The van der Waals surface area contributed by atoms with Crippen molar-refractivity contribution in [2.75, 3.05) is 6.79 Å². The Labute approximate surface area is 118 Å². The van der Waals surface area contributed by atoms with E-state index in [2.05, 4.69) is 18.2 Å². The summed E-state index contributed by atoms with van der Waals surface area (Å²) in [6.07, 6.45) is 1.35. The van der Waals surface area contributed by atoms with Gasteiger partial charge in [0.1, 0.15) is 0 Å². The van der Waals surface area contributed by atoms with Crippen molar-refractivity contribution in [3.05, 3.63) is 59.7 Å². The fraction of sp³-hybridized carbons (Fsp3) is 0.235. The lowest BCUT2D eigenvalue weighted by Gasteiger charge is -2.14. The Bertz CT molecular complexity index is 631. The first kappa shape index (κ1) is 12.6. The zero-order valence-electron chi connectivity index (χ0n) is 11.1. The summed E-state index contributed by atoms with van der Waals surface area (Å²) in [5.74, 6) is 1.74. The number of hydrogen-bond donors (Lipinski definition) is 0. The summed E-state index contributed by atoms with van der Waals surface area (Å²) in [5, 5.41) is 9.06. The number of fused-ring (bicyclic) bond motifs is 1. The van der Waals surface area contributed by atoms with Crippen LogP contribution in [0.15, 0.2) is 48.5 Å². The highest BCUT2D eigenvalue weighted by atomic mass is 16.7. The van der Waals surface area contributed by atoms with E-state index in [4.69, 9.17) is 14.7 Å². The van der Waals surface area contributed by atoms with Crippen molar-refractivity contribution in [3.63, 3.8) is 0 Å². The minimum atomic E-state index is 0.178. The molecular weight excluding hydrogens is 250 g/mol. The van der Waals surface area contributed by atoms with Crippen LogP contribution in [0.3, 0.4) is 0 Å². The molecule has 0 amide bonds. The number of hydrogen-bond acceptors (Lipinski definition) is 3. The largest absolute Gasteiger partial charge is 0.454 e. The molecule has 1 heterocycles. The molecule has 0 spiro atoms. The van der Waals surface area contributed by atoms with Gasteiger partial charge in [-0.25, -0.2) is 0 Å². The van der Waals surface area contributed by atoms with Gasteiger partial charge < -0.3 is 9.47 Å². The molecule has 1 aliphatic heterocycles. The summed E-state index contributed by atoms with van der Waals surface area (Å²) in [6.45, 7) is 0.278. The molecule has 3 rings (SSSR count). The molecule has 0 saturated heterocycles. The molecule has 1 atom stereocenters. The molecule has 2 aromatic carbocycles. The van der Waals surface area contributed by atoms with Crippen LogP contribution in [0.2, 0.25) is 0 Å². The lowest BCUT2D eigenvalue weighted by Crippen LogP contribution is -2.02. The number of benzene rings is 2. The van der Waals surface area contributed by atoms with E-state index in [0.29, 0.717) is 6.42 Å². The van der Waals surface area contributed by atoms with Crippen molar-refractivity contribution in [2.45, 2.75) is 18.8 Å². The van der Waals surface area contributed by atoms with Crippen LogP contribution in [0.25, 0.3) is 0 Å². The van der Waals surface area contributed by atoms with Crippen LogP contribution < -0.4 is 9.47 Å². The zero-order valence-corrected chi connectivity index (χ0v) is 11.1. The van der Waals surface area contributed by atoms with Gasteiger partial charge in [0.25, 0.3) is 0 Å². The van der Waals surface area contributed by atoms with E-state index in [-0.39, 0.29) is 12.7 Å². The molecule has 0 N–H and O–H groups in total. The molecule has 20 heavy (non-hydrogen) atoms. The van der Waals surface area contributed by atoms with Crippen LogP contribution in [0.1, 0.15) is 23.5 Å². The Morgan fingerprint density at radius 1 is 1.05 bits per heavy atom. The van der Waals surface area contributed by atoms with E-state index in [1.807, 2.05) is 36.4 Å². The second kappa shape index (κ2) is 5.66. The average Bonchev–Trinajstić information content (AvgIpc) is 2.95. The maximum absolute atomic E-state index is 9.06. The molecular formula is C17H15NO2. The Hall–Kier alpha value is -2.47. The van der Waals surface area contributed by atoms with E-state index in [9.17, 15) is 0 Å². The van der Waals surface area contributed by atoms with Gasteiger partial charge in [0.05, 0.1) is 6.07 Å². The Kier molecular flexibility index (Phi) is 3.56. The van der Waals surface area contributed by atoms with E-state index in [0.717, 1.165) is 23.5 Å². The first-order valence-corrected chi connectivity index (χ1v) is 6.67. The van der Waals surface area contributed by atoms with Crippen LogP contribution in [0.4, 0.5) is 0 Å². The quantitative estimate of drug-likeness (QED) is 0.847. The topological polar surface area (TPSA) is 42.2 Å².